The van der Waals surface area contributed by atoms with Crippen molar-refractivity contribution in [2.75, 3.05) is 18.1 Å². The zero-order valence-corrected chi connectivity index (χ0v) is 12.2. The van der Waals surface area contributed by atoms with Crippen molar-refractivity contribution < 1.29 is 18.3 Å². The molecule has 1 amide bonds. The van der Waals surface area contributed by atoms with Crippen LogP contribution in [-0.2, 0) is 9.84 Å². The van der Waals surface area contributed by atoms with E-state index in [0.29, 0.717) is 24.0 Å². The molecule has 1 fully saturated rings. The van der Waals surface area contributed by atoms with Crippen molar-refractivity contribution in [3.63, 3.8) is 0 Å². The normalized spacial score (nSPS) is 19.6. The Morgan fingerprint density at radius 3 is 2.95 bits per heavy atom. The van der Waals surface area contributed by atoms with Gasteiger partial charge in [0.2, 0.25) is 0 Å². The first-order valence-corrected chi connectivity index (χ1v) is 8.38. The average Bonchev–Trinajstić information content (AvgIpc) is 2.78. The second-order valence-corrected chi connectivity index (χ2v) is 7.04. The number of hydrogen-bond acceptors (Lipinski definition) is 5. The molecule has 1 atom stereocenters. The monoisotopic (exact) mass is 308 g/mol. The standard InChI is InChI=1S/C14H16N2O4S/c17-5-2-1-3-11-7-12(9-15-8-11)14(18)16-13-4-6-21(19,20)10-13/h7-9,13,17H,2,4-6,10H2,(H,16,18). The van der Waals surface area contributed by atoms with Crippen molar-refractivity contribution in [1.82, 2.24) is 10.3 Å². The number of amides is 1. The van der Waals surface area contributed by atoms with Crippen molar-refractivity contribution in [2.24, 2.45) is 0 Å². The number of sulfone groups is 1. The van der Waals surface area contributed by atoms with E-state index in [1.54, 1.807) is 6.07 Å². The van der Waals surface area contributed by atoms with Crippen molar-refractivity contribution in [3.8, 4) is 11.8 Å². The van der Waals surface area contributed by atoms with E-state index in [1.165, 1.54) is 12.4 Å². The lowest BCUT2D eigenvalue weighted by molar-refractivity contribution is 0.0940. The van der Waals surface area contributed by atoms with Gasteiger partial charge in [-0.05, 0) is 12.5 Å². The number of nitrogens with one attached hydrogen (secondary N) is 1. The van der Waals surface area contributed by atoms with Gasteiger partial charge in [0.05, 0.1) is 23.7 Å². The molecule has 1 aromatic rings. The number of hydrogen-bond donors (Lipinski definition) is 2. The SMILES string of the molecule is O=C(NC1CCS(=O)(=O)C1)c1cncc(C#CCCO)c1. The van der Waals surface area contributed by atoms with Crippen LogP contribution in [0, 0.1) is 11.8 Å². The van der Waals surface area contributed by atoms with Crippen molar-refractivity contribution in [1.29, 1.82) is 0 Å². The number of carbonyl (C=O) groups excluding carboxylic acids is 1. The summed E-state index contributed by atoms with van der Waals surface area (Å²) in [4.78, 5) is 16.0. The summed E-state index contributed by atoms with van der Waals surface area (Å²) in [6, 6.07) is 1.25. The zero-order valence-electron chi connectivity index (χ0n) is 11.4. The highest BCUT2D eigenvalue weighted by Crippen LogP contribution is 2.12. The van der Waals surface area contributed by atoms with Gasteiger partial charge in [-0.2, -0.15) is 0 Å². The molecule has 112 valence electrons. The van der Waals surface area contributed by atoms with E-state index in [9.17, 15) is 13.2 Å². The highest BCUT2D eigenvalue weighted by molar-refractivity contribution is 7.91. The predicted octanol–water partition coefficient (Wildman–Crippen LogP) is -0.268. The molecule has 21 heavy (non-hydrogen) atoms. The van der Waals surface area contributed by atoms with Crippen LogP contribution in [0.3, 0.4) is 0 Å². The number of nitrogens with zero attached hydrogens (tertiary/aromatic N) is 1. The summed E-state index contributed by atoms with van der Waals surface area (Å²) in [5.74, 6) is 5.30. The maximum atomic E-state index is 12.1. The predicted molar refractivity (Wildman–Crippen MR) is 77.3 cm³/mol. The second kappa shape index (κ2) is 6.70. The molecule has 7 heteroatoms. The average molecular weight is 308 g/mol. The Morgan fingerprint density at radius 1 is 1.48 bits per heavy atom. The van der Waals surface area contributed by atoms with Crippen LogP contribution in [0.4, 0.5) is 0 Å². The molecule has 0 aromatic carbocycles. The van der Waals surface area contributed by atoms with Crippen LogP contribution >= 0.6 is 0 Å². The maximum Gasteiger partial charge on any atom is 0.253 e. The number of aliphatic hydroxyl groups excluding tert-OH is 1. The van der Waals surface area contributed by atoms with E-state index in [-0.39, 0.29) is 30.1 Å². The highest BCUT2D eigenvalue weighted by Gasteiger charge is 2.29. The lowest BCUT2D eigenvalue weighted by Crippen LogP contribution is -2.35. The largest absolute Gasteiger partial charge is 0.395 e. The summed E-state index contributed by atoms with van der Waals surface area (Å²) in [6.45, 7) is -0.0171. The Balaban J connectivity index is 2.03. The van der Waals surface area contributed by atoms with Crippen molar-refractivity contribution >= 4 is 15.7 Å². The second-order valence-electron chi connectivity index (χ2n) is 4.81. The third-order valence-electron chi connectivity index (χ3n) is 3.04. The molecule has 0 saturated carbocycles. The molecule has 0 bridgehead atoms. The van der Waals surface area contributed by atoms with Gasteiger partial charge in [0.15, 0.2) is 9.84 Å². The van der Waals surface area contributed by atoms with Gasteiger partial charge >= 0.3 is 0 Å². The topological polar surface area (TPSA) is 96.4 Å². The molecule has 1 aromatic heterocycles. The van der Waals surface area contributed by atoms with Crippen molar-refractivity contribution in [2.45, 2.75) is 18.9 Å². The van der Waals surface area contributed by atoms with E-state index in [1.807, 2.05) is 0 Å². The minimum Gasteiger partial charge on any atom is -0.395 e. The van der Waals surface area contributed by atoms with E-state index < -0.39 is 9.84 Å². The lowest BCUT2D eigenvalue weighted by atomic mass is 10.1. The maximum absolute atomic E-state index is 12.1. The van der Waals surface area contributed by atoms with Crippen LogP contribution < -0.4 is 5.32 Å². The Hall–Kier alpha value is -1.91. The van der Waals surface area contributed by atoms with Gasteiger partial charge in [-0.15, -0.1) is 0 Å². The van der Waals surface area contributed by atoms with Gasteiger partial charge in [0.25, 0.3) is 5.91 Å². The Kier molecular flexibility index (Phi) is 4.94. The molecular formula is C14H16N2O4S. The van der Waals surface area contributed by atoms with Crippen molar-refractivity contribution in [3.05, 3.63) is 29.6 Å². The third-order valence-corrected chi connectivity index (χ3v) is 4.81. The minimum atomic E-state index is -3.02. The van der Waals surface area contributed by atoms with Gasteiger partial charge < -0.3 is 10.4 Å². The van der Waals surface area contributed by atoms with Gasteiger partial charge in [0, 0.05) is 30.4 Å². The number of rotatable bonds is 3. The molecule has 1 unspecified atom stereocenters. The fourth-order valence-corrected chi connectivity index (χ4v) is 3.70. The summed E-state index contributed by atoms with van der Waals surface area (Å²) >= 11 is 0. The molecule has 0 aliphatic carbocycles. The van der Waals surface area contributed by atoms with Gasteiger partial charge in [-0.3, -0.25) is 9.78 Å². The third kappa shape index (κ3) is 4.55. The zero-order chi connectivity index (χ0) is 15.3. The Bertz CT molecular complexity index is 688. The first kappa shape index (κ1) is 15.5. The number of aliphatic hydroxyl groups is 1. The van der Waals surface area contributed by atoms with Crippen LogP contribution in [0.5, 0.6) is 0 Å². The Morgan fingerprint density at radius 2 is 2.29 bits per heavy atom. The lowest BCUT2D eigenvalue weighted by Gasteiger charge is -2.10. The number of aromatic nitrogens is 1. The van der Waals surface area contributed by atoms with Gasteiger partial charge in [-0.1, -0.05) is 11.8 Å². The smallest absolute Gasteiger partial charge is 0.253 e. The fraction of sp³-hybridized carbons (Fsp3) is 0.429. The molecule has 2 heterocycles. The Labute approximate surface area is 123 Å². The molecule has 2 rings (SSSR count). The molecule has 0 radical (unpaired) electrons. The molecule has 1 aliphatic heterocycles. The summed E-state index contributed by atoms with van der Waals surface area (Å²) < 4.78 is 22.7. The van der Waals surface area contributed by atoms with Crippen LogP contribution in [-0.4, -0.2) is 48.6 Å². The molecule has 1 aliphatic rings. The fourth-order valence-electron chi connectivity index (χ4n) is 2.03. The number of pyridine rings is 1. The van der Waals surface area contributed by atoms with E-state index in [2.05, 4.69) is 22.1 Å². The molecule has 6 nitrogen and oxygen atoms in total. The van der Waals surface area contributed by atoms with Crippen LogP contribution in [0.15, 0.2) is 18.5 Å². The molecule has 0 spiro atoms. The first-order valence-electron chi connectivity index (χ1n) is 6.56. The van der Waals surface area contributed by atoms with Gasteiger partial charge in [-0.25, -0.2) is 8.42 Å². The van der Waals surface area contributed by atoms with Crippen LogP contribution in [0.2, 0.25) is 0 Å². The number of carbonyl (C=O) groups is 1. The van der Waals surface area contributed by atoms with Crippen LogP contribution in [0.25, 0.3) is 0 Å². The van der Waals surface area contributed by atoms with Crippen LogP contribution in [0.1, 0.15) is 28.8 Å². The minimum absolute atomic E-state index is 0.0117. The summed E-state index contributed by atoms with van der Waals surface area (Å²) in [7, 11) is -3.02. The summed E-state index contributed by atoms with van der Waals surface area (Å²) in [6.07, 6.45) is 3.74. The summed E-state index contributed by atoms with van der Waals surface area (Å²) in [5, 5.41) is 11.4. The highest BCUT2D eigenvalue weighted by atomic mass is 32.2. The van der Waals surface area contributed by atoms with Gasteiger partial charge in [0.1, 0.15) is 0 Å². The van der Waals surface area contributed by atoms with E-state index in [0.717, 1.165) is 0 Å². The first-order chi connectivity index (χ1) is 10.00. The van der Waals surface area contributed by atoms with E-state index >= 15 is 0 Å². The quantitative estimate of drug-likeness (QED) is 0.750. The molecule has 1 saturated heterocycles. The summed E-state index contributed by atoms with van der Waals surface area (Å²) in [5.41, 5.74) is 0.922. The molecule has 2 N–H and O–H groups in total. The molecular weight excluding hydrogens is 292 g/mol. The van der Waals surface area contributed by atoms with E-state index in [4.69, 9.17) is 5.11 Å².